The molecule has 6 aliphatic heterocycles. The number of fused-ring (bicyclic) bond motifs is 4. The van der Waals surface area contributed by atoms with E-state index in [0.29, 0.717) is 35.3 Å². The Hall–Kier alpha value is -6.70. The maximum absolute atomic E-state index is 13.5. The van der Waals surface area contributed by atoms with E-state index in [0.717, 1.165) is 137 Å². The van der Waals surface area contributed by atoms with Crippen LogP contribution in [0.3, 0.4) is 0 Å². The summed E-state index contributed by atoms with van der Waals surface area (Å²) in [6.45, 7) is 19.1. The van der Waals surface area contributed by atoms with E-state index in [-0.39, 0.29) is 33.1 Å². The Bertz CT molecular complexity index is 3480. The minimum Gasteiger partial charge on any atom is -0.368 e. The summed E-state index contributed by atoms with van der Waals surface area (Å²) in [5.74, 6) is -0.692. The van der Waals surface area contributed by atoms with Gasteiger partial charge in [0, 0.05) is 144 Å². The van der Waals surface area contributed by atoms with Crippen LogP contribution in [0.2, 0.25) is 0 Å². The van der Waals surface area contributed by atoms with Crippen molar-refractivity contribution >= 4 is 89.9 Å². The van der Waals surface area contributed by atoms with Crippen LogP contribution in [0, 0.1) is 0 Å². The maximum Gasteiger partial charge on any atom is 0.261 e. The molecule has 10 nitrogen and oxygen atoms in total. The molecule has 4 amide bonds. The van der Waals surface area contributed by atoms with Crippen LogP contribution < -0.4 is 9.80 Å². The first-order valence-corrected chi connectivity index (χ1v) is 31.3. The van der Waals surface area contributed by atoms with E-state index in [2.05, 4.69) is 156 Å². The van der Waals surface area contributed by atoms with Gasteiger partial charge in [0.2, 0.25) is 0 Å². The second-order valence-electron chi connectivity index (χ2n) is 23.8. The van der Waals surface area contributed by atoms with Crippen LogP contribution in [0.25, 0.3) is 31.4 Å². The molecule has 0 bridgehead atoms. The molecule has 6 aromatic rings. The lowest BCUT2D eigenvalue weighted by Gasteiger charge is -2.47. The normalized spacial score (nSPS) is 22.9. The van der Waals surface area contributed by atoms with Crippen molar-refractivity contribution in [1.29, 1.82) is 0 Å². The molecule has 0 aromatic heterocycles. The number of nitrogens with zero attached hydrogens (tertiary/aromatic N) is 6. The fraction of sp³-hybridized carbons (Fsp3) is 0.362. The van der Waals surface area contributed by atoms with E-state index in [1.165, 1.54) is 59.4 Å². The first-order valence-electron chi connectivity index (χ1n) is 29.7. The summed E-state index contributed by atoms with van der Waals surface area (Å²) in [7, 11) is 0. The van der Waals surface area contributed by atoms with Gasteiger partial charge in [-0.15, -0.1) is 23.5 Å². The first kappa shape index (κ1) is 52.4. The molecule has 8 aliphatic rings. The summed E-state index contributed by atoms with van der Waals surface area (Å²) in [6, 6.07) is 38.7. The highest BCUT2D eigenvalue weighted by molar-refractivity contribution is 8.14. The molecule has 2 atom stereocenters. The number of unbranched alkanes of at least 4 members (excludes halogenated alkanes) is 2. The second kappa shape index (κ2) is 20.6. The van der Waals surface area contributed by atoms with Crippen LogP contribution in [-0.2, 0) is 13.1 Å². The second-order valence-corrected chi connectivity index (χ2v) is 26.7. The Morgan fingerprint density at radius 3 is 1.22 bits per heavy atom. The molecule has 2 unspecified atom stereocenters. The number of carbonyl (C=O) groups is 4. The SMILES string of the molecule is CCCCN1C(=O)c2cccc3c(N4CCN(Cc5ccc(C6=CC7=C8CCCC8=C8C=C(c9ccc(CN%10CCN(c%11ccc%12c%13c(cccc%11%13)C(=O)N(CCCC)C%12=O)CC%10)cc9)SC8(C)C7(C)S6)cc5)CC4)ccc(c23)C1=O. The molecule has 12 heteroatoms. The van der Waals surface area contributed by atoms with E-state index < -0.39 is 0 Å². The zero-order valence-electron chi connectivity index (χ0n) is 47.1. The number of allylic oxidation sites excluding steroid dienone is 4. The average molecular weight is 1110 g/mol. The summed E-state index contributed by atoms with van der Waals surface area (Å²) in [4.78, 5) is 69.7. The van der Waals surface area contributed by atoms with Gasteiger partial charge in [0.1, 0.15) is 0 Å². The van der Waals surface area contributed by atoms with Gasteiger partial charge >= 0.3 is 0 Å². The van der Waals surface area contributed by atoms with Crippen molar-refractivity contribution < 1.29 is 19.2 Å². The van der Waals surface area contributed by atoms with E-state index in [1.807, 2.05) is 36.4 Å². The third-order valence-electron chi connectivity index (χ3n) is 19.1. The molecular weight excluding hydrogens is 1040 g/mol. The molecule has 2 saturated heterocycles. The molecule has 0 radical (unpaired) electrons. The van der Waals surface area contributed by atoms with Crippen LogP contribution in [-0.4, -0.2) is 118 Å². The molecule has 412 valence electrons. The molecule has 1 saturated carbocycles. The zero-order chi connectivity index (χ0) is 55.3. The lowest BCUT2D eigenvalue weighted by molar-refractivity contribution is 0.0593. The smallest absolute Gasteiger partial charge is 0.261 e. The van der Waals surface area contributed by atoms with Gasteiger partial charge in [-0.1, -0.05) is 99.5 Å². The summed E-state index contributed by atoms with van der Waals surface area (Å²) >= 11 is 4.14. The van der Waals surface area contributed by atoms with Gasteiger partial charge in [-0.05, 0) is 139 Å². The highest BCUT2D eigenvalue weighted by atomic mass is 32.2. The number of hydrogen-bond acceptors (Lipinski definition) is 10. The van der Waals surface area contributed by atoms with Crippen molar-refractivity contribution in [2.24, 2.45) is 0 Å². The van der Waals surface area contributed by atoms with Crippen LogP contribution in [0.15, 0.2) is 144 Å². The predicted octanol–water partition coefficient (Wildman–Crippen LogP) is 13.6. The maximum atomic E-state index is 13.5. The van der Waals surface area contributed by atoms with Crippen molar-refractivity contribution in [2.45, 2.75) is 95.2 Å². The lowest BCUT2D eigenvalue weighted by Crippen LogP contribution is -2.47. The Kier molecular flexibility index (Phi) is 13.3. The minimum absolute atomic E-state index is 0.106. The number of amides is 4. The number of piperazine rings is 2. The van der Waals surface area contributed by atoms with Crippen molar-refractivity contribution in [1.82, 2.24) is 19.6 Å². The highest BCUT2D eigenvalue weighted by Crippen LogP contribution is 2.70. The van der Waals surface area contributed by atoms with E-state index in [4.69, 9.17) is 0 Å². The van der Waals surface area contributed by atoms with Crippen LogP contribution in [0.5, 0.6) is 0 Å². The number of thioether (sulfide) groups is 2. The number of anilines is 2. The fourth-order valence-corrected chi connectivity index (χ4v) is 17.6. The molecule has 3 fully saturated rings. The van der Waals surface area contributed by atoms with Crippen LogP contribution in [0.4, 0.5) is 11.4 Å². The van der Waals surface area contributed by atoms with E-state index in [9.17, 15) is 19.2 Å². The topological polar surface area (TPSA) is 87.7 Å². The van der Waals surface area contributed by atoms with Crippen molar-refractivity contribution in [3.63, 3.8) is 0 Å². The molecule has 0 N–H and O–H groups in total. The van der Waals surface area contributed by atoms with Crippen molar-refractivity contribution in [2.75, 3.05) is 75.2 Å². The molecule has 6 aromatic carbocycles. The van der Waals surface area contributed by atoms with Gasteiger partial charge < -0.3 is 9.80 Å². The average Bonchev–Trinajstić information content (AvgIpc) is 4.44. The van der Waals surface area contributed by atoms with Gasteiger partial charge in [-0.3, -0.25) is 38.8 Å². The quantitative estimate of drug-likeness (QED) is 0.0983. The summed E-state index contributed by atoms with van der Waals surface area (Å²) in [6.07, 6.45) is 12.1. The molecule has 81 heavy (non-hydrogen) atoms. The van der Waals surface area contributed by atoms with Crippen LogP contribution >= 0.6 is 23.5 Å². The Balaban J connectivity index is 0.608. The molecular formula is C69H70N6O4S2. The van der Waals surface area contributed by atoms with Gasteiger partial charge in [-0.2, -0.15) is 0 Å². The Labute approximate surface area is 484 Å². The first-order chi connectivity index (χ1) is 39.4. The number of rotatable bonds is 14. The molecule has 0 spiro atoms. The number of hydrogen-bond donors (Lipinski definition) is 0. The molecule has 6 heterocycles. The molecule has 14 rings (SSSR count). The lowest BCUT2D eigenvalue weighted by atomic mass is 9.72. The van der Waals surface area contributed by atoms with Gasteiger partial charge in [0.05, 0.1) is 9.49 Å². The number of benzene rings is 6. The molecule has 2 aliphatic carbocycles. The third-order valence-corrected chi connectivity index (χ3v) is 22.5. The monoisotopic (exact) mass is 1110 g/mol. The minimum atomic E-state index is -0.173. The van der Waals surface area contributed by atoms with Crippen molar-refractivity contribution in [3.8, 4) is 0 Å². The summed E-state index contributed by atoms with van der Waals surface area (Å²) in [5.41, 5.74) is 16.2. The largest absolute Gasteiger partial charge is 0.368 e. The predicted molar refractivity (Wildman–Crippen MR) is 332 cm³/mol. The zero-order valence-corrected chi connectivity index (χ0v) is 48.7. The van der Waals surface area contributed by atoms with Gasteiger partial charge in [0.15, 0.2) is 0 Å². The highest BCUT2D eigenvalue weighted by Gasteiger charge is 2.59. The standard InChI is InChI=1S/C69H70N6O4S2/c1-5-7-30-74-64(76)52-16-10-14-50-58(28-26-54(62(50)52)66(74)78)72-36-32-70(33-37-72)42-44-18-22-46(23-19-44)60-40-56-48-12-9-13-49(48)57-41-61(81-69(57,4)68(56,3)80-60)47-24-20-45(21-25-47)43-71-34-38-73(39-35-71)59-29-27-55-63-51(59)15-11-17-53(63)65(77)75(67(55)79)31-8-6-2/h10-11,14-29,40-41H,5-9,12-13,30-39,42-43H2,1-4H3. The van der Waals surface area contributed by atoms with Gasteiger partial charge in [0.25, 0.3) is 23.6 Å². The number of carbonyl (C=O) groups excluding carboxylic acids is 4. The van der Waals surface area contributed by atoms with E-state index in [1.54, 1.807) is 11.1 Å². The summed E-state index contributed by atoms with van der Waals surface area (Å²) < 4.78 is -0.213. The van der Waals surface area contributed by atoms with Gasteiger partial charge in [-0.25, -0.2) is 0 Å². The third kappa shape index (κ3) is 8.59. The van der Waals surface area contributed by atoms with Crippen LogP contribution in [0.1, 0.15) is 136 Å². The van der Waals surface area contributed by atoms with Crippen molar-refractivity contribution in [3.05, 3.63) is 188 Å². The summed E-state index contributed by atoms with van der Waals surface area (Å²) in [5, 5.41) is 3.60. The number of imide groups is 2. The Morgan fingerprint density at radius 2 is 0.840 bits per heavy atom. The van der Waals surface area contributed by atoms with E-state index >= 15 is 0 Å². The fourth-order valence-electron chi connectivity index (χ4n) is 14.4. The Morgan fingerprint density at radius 1 is 0.457 bits per heavy atom.